The Hall–Kier alpha value is -1.20. The Bertz CT molecular complexity index is 513. The lowest BCUT2D eigenvalue weighted by atomic mass is 10.4. The van der Waals surface area contributed by atoms with E-state index in [2.05, 4.69) is 22.1 Å². The summed E-state index contributed by atoms with van der Waals surface area (Å²) in [4.78, 5) is 19.1. The molecule has 0 atom stereocenters. The maximum absolute atomic E-state index is 11.0. The zero-order chi connectivity index (χ0) is 11.9. The molecule has 0 aliphatic heterocycles. The van der Waals surface area contributed by atoms with Crippen LogP contribution in [0.5, 0.6) is 0 Å². The largest absolute Gasteiger partial charge is 0.301 e. The van der Waals surface area contributed by atoms with Gasteiger partial charge in [-0.15, -0.1) is 11.8 Å². The molecule has 0 fully saturated rings. The van der Waals surface area contributed by atoms with Crippen LogP contribution in [0.25, 0.3) is 0 Å². The maximum atomic E-state index is 11.0. The van der Waals surface area contributed by atoms with Crippen molar-refractivity contribution in [1.82, 2.24) is 9.97 Å². The molecule has 5 heteroatoms. The average molecular weight is 264 g/mol. The van der Waals surface area contributed by atoms with E-state index < -0.39 is 0 Å². The fourth-order valence-electron chi connectivity index (χ4n) is 1.24. The van der Waals surface area contributed by atoms with Gasteiger partial charge in [0.2, 0.25) is 0 Å². The summed E-state index contributed by atoms with van der Waals surface area (Å²) < 4.78 is 0. The number of aromatic amines is 1. The Labute approximate surface area is 108 Å². The van der Waals surface area contributed by atoms with Crippen molar-refractivity contribution in [2.75, 3.05) is 11.5 Å². The summed E-state index contributed by atoms with van der Waals surface area (Å²) in [5.74, 6) is 1.92. The van der Waals surface area contributed by atoms with Gasteiger partial charge in [0.15, 0.2) is 5.16 Å². The monoisotopic (exact) mass is 264 g/mol. The van der Waals surface area contributed by atoms with E-state index in [1.165, 1.54) is 17.2 Å². The van der Waals surface area contributed by atoms with E-state index in [-0.39, 0.29) is 5.56 Å². The van der Waals surface area contributed by atoms with Crippen LogP contribution in [0.1, 0.15) is 0 Å². The minimum atomic E-state index is -0.0989. The van der Waals surface area contributed by atoms with Gasteiger partial charge in [0.05, 0.1) is 0 Å². The third-order valence-corrected chi connectivity index (χ3v) is 4.14. The van der Waals surface area contributed by atoms with Crippen LogP contribution in [0.3, 0.4) is 0 Å². The highest BCUT2D eigenvalue weighted by molar-refractivity contribution is 8.02. The van der Waals surface area contributed by atoms with Gasteiger partial charge in [-0.1, -0.05) is 30.0 Å². The van der Waals surface area contributed by atoms with Gasteiger partial charge in [-0.05, 0) is 12.1 Å². The van der Waals surface area contributed by atoms with Crippen molar-refractivity contribution in [1.29, 1.82) is 0 Å². The molecule has 0 radical (unpaired) electrons. The number of hydrogen-bond donors (Lipinski definition) is 1. The van der Waals surface area contributed by atoms with Crippen molar-refractivity contribution < 1.29 is 0 Å². The van der Waals surface area contributed by atoms with Crippen LogP contribution in [0.2, 0.25) is 0 Å². The van der Waals surface area contributed by atoms with Crippen LogP contribution in [-0.2, 0) is 0 Å². The average Bonchev–Trinajstić information content (AvgIpc) is 2.36. The van der Waals surface area contributed by atoms with Gasteiger partial charge in [-0.25, -0.2) is 4.98 Å². The minimum Gasteiger partial charge on any atom is -0.301 e. The van der Waals surface area contributed by atoms with E-state index in [0.29, 0.717) is 5.16 Å². The minimum absolute atomic E-state index is 0.0989. The lowest BCUT2D eigenvalue weighted by molar-refractivity contribution is 0.937. The van der Waals surface area contributed by atoms with Crippen molar-refractivity contribution in [2.45, 2.75) is 10.1 Å². The predicted octanol–water partition coefficient (Wildman–Crippen LogP) is 2.65. The molecule has 0 saturated heterocycles. The lowest BCUT2D eigenvalue weighted by Crippen LogP contribution is -2.05. The summed E-state index contributed by atoms with van der Waals surface area (Å²) in [6, 6.07) is 11.7. The second-order valence-electron chi connectivity index (χ2n) is 3.25. The molecule has 3 nitrogen and oxygen atoms in total. The first-order valence-corrected chi connectivity index (χ1v) is 7.18. The fraction of sp³-hybridized carbons (Fsp3) is 0.167. The Balaban J connectivity index is 1.75. The van der Waals surface area contributed by atoms with Crippen LogP contribution < -0.4 is 5.56 Å². The molecule has 0 aliphatic rings. The van der Waals surface area contributed by atoms with Crippen LogP contribution in [-0.4, -0.2) is 21.5 Å². The number of nitrogens with one attached hydrogen (secondary N) is 1. The van der Waals surface area contributed by atoms with Gasteiger partial charge in [0.1, 0.15) is 0 Å². The van der Waals surface area contributed by atoms with Crippen LogP contribution in [0.4, 0.5) is 0 Å². The summed E-state index contributed by atoms with van der Waals surface area (Å²) in [6.07, 6.45) is 1.53. The summed E-state index contributed by atoms with van der Waals surface area (Å²) in [6.45, 7) is 0. The first-order chi connectivity index (χ1) is 8.34. The van der Waals surface area contributed by atoms with Gasteiger partial charge in [0, 0.05) is 28.7 Å². The zero-order valence-corrected chi connectivity index (χ0v) is 10.8. The molecule has 1 N–H and O–H groups in total. The van der Waals surface area contributed by atoms with E-state index >= 15 is 0 Å². The molecule has 0 spiro atoms. The molecule has 1 aromatic heterocycles. The number of nitrogens with zero attached hydrogens (tertiary/aromatic N) is 1. The Morgan fingerprint density at radius 1 is 1.06 bits per heavy atom. The van der Waals surface area contributed by atoms with Gasteiger partial charge >= 0.3 is 0 Å². The normalized spacial score (nSPS) is 10.4. The van der Waals surface area contributed by atoms with Gasteiger partial charge in [-0.2, -0.15) is 0 Å². The van der Waals surface area contributed by atoms with Gasteiger partial charge in [0.25, 0.3) is 5.56 Å². The second kappa shape index (κ2) is 6.51. The molecule has 0 aliphatic carbocycles. The molecule has 2 aromatic rings. The van der Waals surface area contributed by atoms with E-state index in [0.717, 1.165) is 11.5 Å². The molecule has 0 unspecified atom stereocenters. The Morgan fingerprint density at radius 2 is 1.82 bits per heavy atom. The van der Waals surface area contributed by atoms with Crippen LogP contribution in [0, 0.1) is 0 Å². The van der Waals surface area contributed by atoms with Crippen molar-refractivity contribution >= 4 is 23.5 Å². The van der Waals surface area contributed by atoms with E-state index in [4.69, 9.17) is 0 Å². The molecular weight excluding hydrogens is 252 g/mol. The van der Waals surface area contributed by atoms with E-state index in [1.807, 2.05) is 18.2 Å². The Kier molecular flexibility index (Phi) is 4.70. The highest BCUT2D eigenvalue weighted by Gasteiger charge is 1.97. The van der Waals surface area contributed by atoms with Gasteiger partial charge in [-0.3, -0.25) is 4.79 Å². The van der Waals surface area contributed by atoms with E-state index in [9.17, 15) is 4.79 Å². The predicted molar refractivity (Wildman–Crippen MR) is 72.7 cm³/mol. The number of aromatic nitrogens is 2. The third kappa shape index (κ3) is 4.28. The highest BCUT2D eigenvalue weighted by atomic mass is 32.2. The lowest BCUT2D eigenvalue weighted by Gasteiger charge is -2.01. The maximum Gasteiger partial charge on any atom is 0.251 e. The number of H-pyrrole nitrogens is 1. The highest BCUT2D eigenvalue weighted by Crippen LogP contribution is 2.20. The molecular formula is C12H12N2OS2. The number of benzene rings is 1. The quantitative estimate of drug-likeness (QED) is 0.512. The van der Waals surface area contributed by atoms with Crippen molar-refractivity contribution in [3.63, 3.8) is 0 Å². The molecule has 2 rings (SSSR count). The first-order valence-electron chi connectivity index (χ1n) is 5.20. The van der Waals surface area contributed by atoms with Crippen molar-refractivity contribution in [3.8, 4) is 0 Å². The van der Waals surface area contributed by atoms with Crippen molar-refractivity contribution in [2.24, 2.45) is 0 Å². The standard InChI is InChI=1S/C12H12N2OS2/c15-11-6-7-13-12(14-11)17-9-8-16-10-4-2-1-3-5-10/h1-7H,8-9H2,(H,13,14,15). The topological polar surface area (TPSA) is 45.8 Å². The Morgan fingerprint density at radius 3 is 2.59 bits per heavy atom. The molecule has 0 saturated carbocycles. The smallest absolute Gasteiger partial charge is 0.251 e. The van der Waals surface area contributed by atoms with Gasteiger partial charge < -0.3 is 4.98 Å². The summed E-state index contributed by atoms with van der Waals surface area (Å²) in [5.41, 5.74) is -0.0989. The van der Waals surface area contributed by atoms with Crippen LogP contribution in [0.15, 0.2) is 57.4 Å². The second-order valence-corrected chi connectivity index (χ2v) is 5.50. The SMILES string of the molecule is O=c1ccnc(SCCSc2ccccc2)[nH]1. The number of thioether (sulfide) groups is 2. The molecule has 0 bridgehead atoms. The summed E-state index contributed by atoms with van der Waals surface area (Å²) in [5, 5.41) is 0.686. The van der Waals surface area contributed by atoms with E-state index in [1.54, 1.807) is 23.5 Å². The molecule has 88 valence electrons. The molecule has 0 amide bonds. The zero-order valence-electron chi connectivity index (χ0n) is 9.13. The summed E-state index contributed by atoms with van der Waals surface area (Å²) in [7, 11) is 0. The number of rotatable bonds is 5. The summed E-state index contributed by atoms with van der Waals surface area (Å²) >= 11 is 3.37. The van der Waals surface area contributed by atoms with Crippen molar-refractivity contribution in [3.05, 3.63) is 52.9 Å². The molecule has 1 aromatic carbocycles. The fourth-order valence-corrected chi connectivity index (χ4v) is 2.99. The third-order valence-electron chi connectivity index (χ3n) is 1.98. The molecule has 1 heterocycles. The van der Waals surface area contributed by atoms with Crippen LogP contribution >= 0.6 is 23.5 Å². The number of hydrogen-bond acceptors (Lipinski definition) is 4. The first kappa shape index (κ1) is 12.3. The molecule has 17 heavy (non-hydrogen) atoms.